The summed E-state index contributed by atoms with van der Waals surface area (Å²) in [4.78, 5) is 5.06. The van der Waals surface area contributed by atoms with Gasteiger partial charge in [-0.05, 0) is 108 Å². The third-order valence-corrected chi connectivity index (χ3v) is 8.85. The van der Waals surface area contributed by atoms with Crippen LogP contribution < -0.4 is 0 Å². The fourth-order valence-corrected chi connectivity index (χ4v) is 7.03. The van der Waals surface area contributed by atoms with Gasteiger partial charge in [-0.2, -0.15) is 0 Å². The van der Waals surface area contributed by atoms with E-state index in [0.717, 1.165) is 42.4 Å². The number of allylic oxidation sites excluding steroid dienone is 2. The fourth-order valence-electron chi connectivity index (χ4n) is 7.03. The maximum absolute atomic E-state index is 5.06. The number of imidazole rings is 1. The van der Waals surface area contributed by atoms with Crippen molar-refractivity contribution in [1.82, 2.24) is 14.0 Å². The van der Waals surface area contributed by atoms with E-state index in [9.17, 15) is 0 Å². The standard InChI is InChI=1S/C37H27N3/c1-5-13-33-27(9-1)28-10-2-6-14-34(28)39(33)26-20-17-24(18-21-26)25-19-22-30-31(23-25)29-11-3-7-15-35(29)40-36-16-8-4-12-32(36)38-37(30)40/h3-8,11-23H,1-2,9-10H2. The highest BCUT2D eigenvalue weighted by Gasteiger charge is 2.23. The molecule has 2 aliphatic carbocycles. The zero-order valence-corrected chi connectivity index (χ0v) is 22.1. The number of hydrogen-bond acceptors (Lipinski definition) is 1. The average molecular weight is 514 g/mol. The summed E-state index contributed by atoms with van der Waals surface area (Å²) in [7, 11) is 0. The van der Waals surface area contributed by atoms with Crippen LogP contribution in [0, 0.1) is 0 Å². The molecule has 40 heavy (non-hydrogen) atoms. The van der Waals surface area contributed by atoms with Gasteiger partial charge in [0.1, 0.15) is 5.65 Å². The maximum atomic E-state index is 5.06. The summed E-state index contributed by atoms with van der Waals surface area (Å²) in [6, 6.07) is 33.1. The Balaban J connectivity index is 1.21. The van der Waals surface area contributed by atoms with Gasteiger partial charge in [-0.3, -0.25) is 4.40 Å². The first-order chi connectivity index (χ1) is 19.8. The number of hydrogen-bond donors (Lipinski definition) is 0. The Hall–Kier alpha value is -4.89. The van der Waals surface area contributed by atoms with Crippen LogP contribution in [0.15, 0.2) is 103 Å². The molecule has 0 amide bonds. The Kier molecular flexibility index (Phi) is 4.56. The third kappa shape index (κ3) is 3.03. The molecule has 2 aliphatic rings. The van der Waals surface area contributed by atoms with Crippen LogP contribution in [0.2, 0.25) is 0 Å². The normalized spacial score (nSPS) is 14.4. The van der Waals surface area contributed by atoms with E-state index in [-0.39, 0.29) is 0 Å². The number of nitrogens with zero attached hydrogens (tertiary/aromatic N) is 3. The summed E-state index contributed by atoms with van der Waals surface area (Å²) in [5.41, 5.74) is 13.9. The highest BCUT2D eigenvalue weighted by Crippen LogP contribution is 2.37. The lowest BCUT2D eigenvalue weighted by molar-refractivity contribution is 0.922. The number of benzene rings is 4. The van der Waals surface area contributed by atoms with Gasteiger partial charge in [0.05, 0.1) is 16.6 Å². The van der Waals surface area contributed by atoms with Crippen molar-refractivity contribution in [2.75, 3.05) is 0 Å². The van der Waals surface area contributed by atoms with E-state index < -0.39 is 0 Å². The van der Waals surface area contributed by atoms with Crippen LogP contribution in [-0.2, 0) is 12.8 Å². The molecule has 0 saturated heterocycles. The number of para-hydroxylation sites is 3. The second-order valence-electron chi connectivity index (χ2n) is 11.0. The van der Waals surface area contributed by atoms with Crippen molar-refractivity contribution in [3.63, 3.8) is 0 Å². The first-order valence-corrected chi connectivity index (χ1v) is 14.3. The maximum Gasteiger partial charge on any atom is 0.146 e. The number of rotatable bonds is 2. The van der Waals surface area contributed by atoms with Gasteiger partial charge in [0.15, 0.2) is 0 Å². The molecule has 0 bridgehead atoms. The molecule has 190 valence electrons. The zero-order valence-electron chi connectivity index (χ0n) is 22.1. The molecular weight excluding hydrogens is 486 g/mol. The van der Waals surface area contributed by atoms with Crippen molar-refractivity contribution in [3.8, 4) is 16.8 Å². The van der Waals surface area contributed by atoms with Crippen LogP contribution >= 0.6 is 0 Å². The second-order valence-corrected chi connectivity index (χ2v) is 11.0. The topological polar surface area (TPSA) is 22.2 Å². The van der Waals surface area contributed by atoms with Crippen molar-refractivity contribution in [2.45, 2.75) is 25.7 Å². The van der Waals surface area contributed by atoms with E-state index in [1.54, 1.807) is 11.1 Å². The molecule has 0 spiro atoms. The molecule has 0 N–H and O–H groups in total. The predicted octanol–water partition coefficient (Wildman–Crippen LogP) is 9.17. The van der Waals surface area contributed by atoms with Crippen molar-refractivity contribution < 1.29 is 0 Å². The van der Waals surface area contributed by atoms with Gasteiger partial charge in [0.25, 0.3) is 0 Å². The Morgan fingerprint density at radius 3 is 2.02 bits per heavy atom. The minimum absolute atomic E-state index is 1.01. The first kappa shape index (κ1) is 22.0. The van der Waals surface area contributed by atoms with Crippen LogP contribution in [0.3, 0.4) is 0 Å². The summed E-state index contributed by atoms with van der Waals surface area (Å²) < 4.78 is 4.77. The van der Waals surface area contributed by atoms with Crippen LogP contribution in [0.1, 0.15) is 35.4 Å². The summed E-state index contributed by atoms with van der Waals surface area (Å²) in [5.74, 6) is 0. The summed E-state index contributed by atoms with van der Waals surface area (Å²) in [5, 5.41) is 3.67. The van der Waals surface area contributed by atoms with Gasteiger partial charge in [-0.15, -0.1) is 0 Å². The lowest BCUT2D eigenvalue weighted by atomic mass is 9.94. The molecule has 0 saturated carbocycles. The second kappa shape index (κ2) is 8.30. The molecule has 0 radical (unpaired) electrons. The summed E-state index contributed by atoms with van der Waals surface area (Å²) in [6.07, 6.45) is 13.9. The lowest BCUT2D eigenvalue weighted by Crippen LogP contribution is -2.02. The zero-order chi connectivity index (χ0) is 26.2. The van der Waals surface area contributed by atoms with E-state index >= 15 is 0 Å². The fraction of sp³-hybridized carbons (Fsp3) is 0.108. The molecule has 3 heteroatoms. The highest BCUT2D eigenvalue weighted by atomic mass is 15.0. The molecule has 9 rings (SSSR count). The predicted molar refractivity (Wildman–Crippen MR) is 167 cm³/mol. The molecule has 4 aromatic carbocycles. The lowest BCUT2D eigenvalue weighted by Gasteiger charge is -2.14. The molecule has 7 aromatic rings. The SMILES string of the molecule is C1=Cc2c(c3c(n2-c2ccc(-c4ccc5c(c4)c4ccccc4n4c6ccccc6nc54)cc2)C=CCC3)CC1. The van der Waals surface area contributed by atoms with Crippen molar-refractivity contribution in [1.29, 1.82) is 0 Å². The van der Waals surface area contributed by atoms with Crippen LogP contribution in [0.4, 0.5) is 0 Å². The van der Waals surface area contributed by atoms with Crippen molar-refractivity contribution in [2.24, 2.45) is 0 Å². The van der Waals surface area contributed by atoms with Gasteiger partial charge in [0, 0.05) is 27.8 Å². The smallest absolute Gasteiger partial charge is 0.146 e. The number of fused-ring (bicyclic) bond motifs is 11. The Bertz CT molecular complexity index is 2160. The Morgan fingerprint density at radius 1 is 0.575 bits per heavy atom. The van der Waals surface area contributed by atoms with Crippen molar-refractivity contribution >= 4 is 50.5 Å². The van der Waals surface area contributed by atoms with E-state index in [1.807, 2.05) is 0 Å². The van der Waals surface area contributed by atoms with Crippen LogP contribution in [0.5, 0.6) is 0 Å². The molecule has 3 heterocycles. The van der Waals surface area contributed by atoms with Crippen molar-refractivity contribution in [3.05, 3.63) is 126 Å². The number of pyridine rings is 1. The highest BCUT2D eigenvalue weighted by molar-refractivity contribution is 6.14. The van der Waals surface area contributed by atoms with E-state index in [4.69, 9.17) is 4.98 Å². The quantitative estimate of drug-likeness (QED) is 0.211. The molecule has 0 aliphatic heterocycles. The summed E-state index contributed by atoms with van der Waals surface area (Å²) in [6.45, 7) is 0. The van der Waals surface area contributed by atoms with E-state index in [0.29, 0.717) is 0 Å². The minimum atomic E-state index is 1.01. The van der Waals surface area contributed by atoms with Gasteiger partial charge >= 0.3 is 0 Å². The van der Waals surface area contributed by atoms with Crippen LogP contribution in [0.25, 0.3) is 67.3 Å². The van der Waals surface area contributed by atoms with Gasteiger partial charge in [-0.25, -0.2) is 4.98 Å². The first-order valence-electron chi connectivity index (χ1n) is 14.3. The van der Waals surface area contributed by atoms with Gasteiger partial charge in [0.2, 0.25) is 0 Å². The van der Waals surface area contributed by atoms with E-state index in [1.165, 1.54) is 49.9 Å². The molecule has 0 unspecified atom stereocenters. The molecule has 0 fully saturated rings. The molecule has 0 atom stereocenters. The van der Waals surface area contributed by atoms with Crippen LogP contribution in [-0.4, -0.2) is 14.0 Å². The Morgan fingerprint density at radius 2 is 1.25 bits per heavy atom. The van der Waals surface area contributed by atoms with E-state index in [2.05, 4.69) is 124 Å². The largest absolute Gasteiger partial charge is 0.310 e. The monoisotopic (exact) mass is 513 g/mol. The molecule has 3 aromatic heterocycles. The third-order valence-electron chi connectivity index (χ3n) is 8.85. The number of aromatic nitrogens is 3. The molecular formula is C37H27N3. The van der Waals surface area contributed by atoms with Gasteiger partial charge in [-0.1, -0.05) is 60.7 Å². The summed E-state index contributed by atoms with van der Waals surface area (Å²) >= 11 is 0. The molecule has 3 nitrogen and oxygen atoms in total. The van der Waals surface area contributed by atoms with Gasteiger partial charge < -0.3 is 4.57 Å². The Labute approximate surface area is 232 Å². The average Bonchev–Trinajstić information content (AvgIpc) is 3.58. The minimum Gasteiger partial charge on any atom is -0.310 e.